The van der Waals surface area contributed by atoms with Crippen LogP contribution in [-0.4, -0.2) is 64.0 Å². The van der Waals surface area contributed by atoms with E-state index in [9.17, 15) is 29.1 Å². The molecule has 0 saturated heterocycles. The fourth-order valence-corrected chi connectivity index (χ4v) is 3.11. The van der Waals surface area contributed by atoms with Gasteiger partial charge in [-0.1, -0.05) is 50.6 Å². The van der Waals surface area contributed by atoms with Crippen LogP contribution in [0.5, 0.6) is 0 Å². The Kier molecular flexibility index (Phi) is 11.7. The van der Waals surface area contributed by atoms with Crippen molar-refractivity contribution in [2.75, 3.05) is 0 Å². The predicted octanol–water partition coefficient (Wildman–Crippen LogP) is 0.0262. The van der Waals surface area contributed by atoms with E-state index in [1.165, 1.54) is 6.92 Å². The molecule has 5 unspecified atom stereocenters. The van der Waals surface area contributed by atoms with E-state index in [4.69, 9.17) is 10.8 Å². The Morgan fingerprint density at radius 2 is 1.53 bits per heavy atom. The van der Waals surface area contributed by atoms with Gasteiger partial charge in [-0.15, -0.1) is 0 Å². The lowest BCUT2D eigenvalue weighted by molar-refractivity contribution is -0.143. The zero-order valence-corrected chi connectivity index (χ0v) is 19.6. The van der Waals surface area contributed by atoms with Crippen molar-refractivity contribution in [3.05, 3.63) is 35.9 Å². The molecule has 0 fully saturated rings. The van der Waals surface area contributed by atoms with E-state index in [0.29, 0.717) is 6.42 Å². The first-order valence-corrected chi connectivity index (χ1v) is 11.1. The van der Waals surface area contributed by atoms with Gasteiger partial charge in [0.1, 0.15) is 18.1 Å². The van der Waals surface area contributed by atoms with Gasteiger partial charge in [-0.05, 0) is 31.2 Å². The Hall–Kier alpha value is -3.47. The van der Waals surface area contributed by atoms with Gasteiger partial charge in [0.25, 0.3) is 0 Å². The van der Waals surface area contributed by atoms with Crippen LogP contribution in [-0.2, 0) is 30.4 Å². The first-order valence-electron chi connectivity index (χ1n) is 11.1. The van der Waals surface area contributed by atoms with Crippen molar-refractivity contribution in [2.45, 2.75) is 70.6 Å². The second kappa shape index (κ2) is 13.9. The normalized spacial score (nSPS) is 15.2. The summed E-state index contributed by atoms with van der Waals surface area (Å²) >= 11 is 0. The molecule has 0 aliphatic rings. The highest BCUT2D eigenvalue weighted by molar-refractivity contribution is 5.94. The minimum Gasteiger partial charge on any atom is -0.481 e. The molecule has 188 valence electrons. The molecule has 1 aromatic rings. The number of nitrogens with two attached hydrogens (primary N) is 1. The summed E-state index contributed by atoms with van der Waals surface area (Å²) in [4.78, 5) is 60.0. The number of rotatable bonds is 14. The monoisotopic (exact) mass is 478 g/mol. The Bertz CT molecular complexity index is 862. The molecule has 34 heavy (non-hydrogen) atoms. The minimum atomic E-state index is -1.42. The molecule has 1 rings (SSSR count). The van der Waals surface area contributed by atoms with Crippen molar-refractivity contribution >= 4 is 29.7 Å². The Morgan fingerprint density at radius 1 is 0.912 bits per heavy atom. The standard InChI is InChI=1S/C23H34N4O7/c1-4-13(2)19(22(32)26-17(23(33)34)10-11-18(28)29)27-20(30)14(3)25-21(31)16(24)12-15-8-6-5-7-9-15/h5-9,13-14,16-17,19H,4,10-12,24H2,1-3H3,(H,25,31)(H,26,32)(H,27,30)(H,28,29)(H,33,34). The Morgan fingerprint density at radius 3 is 2.06 bits per heavy atom. The van der Waals surface area contributed by atoms with Gasteiger partial charge in [0.05, 0.1) is 6.04 Å². The highest BCUT2D eigenvalue weighted by Crippen LogP contribution is 2.10. The summed E-state index contributed by atoms with van der Waals surface area (Å²) in [6.07, 6.45) is 0.0347. The van der Waals surface area contributed by atoms with E-state index >= 15 is 0 Å². The largest absolute Gasteiger partial charge is 0.481 e. The van der Waals surface area contributed by atoms with E-state index in [1.807, 2.05) is 30.3 Å². The van der Waals surface area contributed by atoms with Crippen molar-refractivity contribution in [1.82, 2.24) is 16.0 Å². The molecule has 0 aliphatic carbocycles. The smallest absolute Gasteiger partial charge is 0.326 e. The molecular weight excluding hydrogens is 444 g/mol. The number of amides is 3. The van der Waals surface area contributed by atoms with Crippen LogP contribution in [0.25, 0.3) is 0 Å². The van der Waals surface area contributed by atoms with Crippen molar-refractivity contribution < 1.29 is 34.2 Å². The van der Waals surface area contributed by atoms with E-state index in [2.05, 4.69) is 16.0 Å². The molecule has 0 aliphatic heterocycles. The fourth-order valence-electron chi connectivity index (χ4n) is 3.11. The highest BCUT2D eigenvalue weighted by Gasteiger charge is 2.31. The second-order valence-electron chi connectivity index (χ2n) is 8.23. The number of carboxylic acid groups (broad SMARTS) is 2. The second-order valence-corrected chi connectivity index (χ2v) is 8.23. The van der Waals surface area contributed by atoms with Gasteiger partial charge in [0, 0.05) is 6.42 Å². The first-order chi connectivity index (χ1) is 16.0. The number of hydrogen-bond donors (Lipinski definition) is 6. The molecule has 7 N–H and O–H groups in total. The van der Waals surface area contributed by atoms with Crippen LogP contribution in [0.3, 0.4) is 0 Å². The molecular formula is C23H34N4O7. The predicted molar refractivity (Wildman–Crippen MR) is 124 cm³/mol. The molecule has 0 bridgehead atoms. The number of benzene rings is 1. The van der Waals surface area contributed by atoms with Crippen molar-refractivity contribution in [3.8, 4) is 0 Å². The van der Waals surface area contributed by atoms with Crippen LogP contribution in [0, 0.1) is 5.92 Å². The quantitative estimate of drug-likeness (QED) is 0.216. The van der Waals surface area contributed by atoms with Crippen LogP contribution in [0.4, 0.5) is 0 Å². The molecule has 11 heteroatoms. The summed E-state index contributed by atoms with van der Waals surface area (Å²) in [5.41, 5.74) is 6.81. The summed E-state index contributed by atoms with van der Waals surface area (Å²) in [6.45, 7) is 4.95. The van der Waals surface area contributed by atoms with E-state index in [0.717, 1.165) is 5.56 Å². The first kappa shape index (κ1) is 28.6. The highest BCUT2D eigenvalue weighted by atomic mass is 16.4. The number of carboxylic acids is 2. The summed E-state index contributed by atoms with van der Waals surface area (Å²) < 4.78 is 0. The van der Waals surface area contributed by atoms with Gasteiger partial charge >= 0.3 is 11.9 Å². The third-order valence-corrected chi connectivity index (χ3v) is 5.44. The molecule has 0 radical (unpaired) electrons. The molecule has 3 amide bonds. The van der Waals surface area contributed by atoms with Crippen molar-refractivity contribution in [1.29, 1.82) is 0 Å². The van der Waals surface area contributed by atoms with E-state index in [-0.39, 0.29) is 18.8 Å². The number of carbonyl (C=O) groups excluding carboxylic acids is 3. The molecule has 0 saturated carbocycles. The summed E-state index contributed by atoms with van der Waals surface area (Å²) in [5.74, 6) is -4.85. The summed E-state index contributed by atoms with van der Waals surface area (Å²) in [7, 11) is 0. The van der Waals surface area contributed by atoms with Crippen LogP contribution in [0.1, 0.15) is 45.6 Å². The minimum absolute atomic E-state index is 0.284. The maximum absolute atomic E-state index is 12.8. The third-order valence-electron chi connectivity index (χ3n) is 5.44. The lowest BCUT2D eigenvalue weighted by Gasteiger charge is -2.27. The average molecular weight is 479 g/mol. The zero-order valence-electron chi connectivity index (χ0n) is 19.6. The van der Waals surface area contributed by atoms with E-state index < -0.39 is 60.2 Å². The number of hydrogen-bond acceptors (Lipinski definition) is 6. The van der Waals surface area contributed by atoms with Crippen LogP contribution in [0.2, 0.25) is 0 Å². The van der Waals surface area contributed by atoms with Crippen molar-refractivity contribution in [3.63, 3.8) is 0 Å². The van der Waals surface area contributed by atoms with Crippen LogP contribution < -0.4 is 21.7 Å². The molecule has 0 spiro atoms. The zero-order chi connectivity index (χ0) is 25.8. The Labute approximate surface area is 198 Å². The number of nitrogens with one attached hydrogen (secondary N) is 3. The summed E-state index contributed by atoms with van der Waals surface area (Å²) in [5, 5.41) is 25.4. The van der Waals surface area contributed by atoms with Crippen LogP contribution >= 0.6 is 0 Å². The Balaban J connectivity index is 2.77. The fraction of sp³-hybridized carbons (Fsp3) is 0.522. The average Bonchev–Trinajstić information content (AvgIpc) is 2.79. The molecule has 0 aromatic heterocycles. The van der Waals surface area contributed by atoms with Gasteiger partial charge in [0.15, 0.2) is 0 Å². The third kappa shape index (κ3) is 9.57. The molecule has 5 atom stereocenters. The number of aliphatic carboxylic acids is 2. The van der Waals surface area contributed by atoms with Gasteiger partial charge in [-0.3, -0.25) is 19.2 Å². The molecule has 11 nitrogen and oxygen atoms in total. The lowest BCUT2D eigenvalue weighted by atomic mass is 9.97. The van der Waals surface area contributed by atoms with Gasteiger partial charge < -0.3 is 31.9 Å². The van der Waals surface area contributed by atoms with Gasteiger partial charge in [-0.25, -0.2) is 4.79 Å². The summed E-state index contributed by atoms with van der Waals surface area (Å²) in [6, 6.07) is 4.78. The van der Waals surface area contributed by atoms with Crippen molar-refractivity contribution in [2.24, 2.45) is 11.7 Å². The molecule has 1 aromatic carbocycles. The lowest BCUT2D eigenvalue weighted by Crippen LogP contribution is -2.58. The maximum atomic E-state index is 12.8. The molecule has 0 heterocycles. The van der Waals surface area contributed by atoms with Gasteiger partial charge in [0.2, 0.25) is 17.7 Å². The van der Waals surface area contributed by atoms with E-state index in [1.54, 1.807) is 13.8 Å². The maximum Gasteiger partial charge on any atom is 0.326 e. The van der Waals surface area contributed by atoms with Crippen LogP contribution in [0.15, 0.2) is 30.3 Å². The SMILES string of the molecule is CCC(C)C(NC(=O)C(C)NC(=O)C(N)Cc1ccccc1)C(=O)NC(CCC(=O)O)C(=O)O. The topological polar surface area (TPSA) is 188 Å². The van der Waals surface area contributed by atoms with Gasteiger partial charge in [-0.2, -0.15) is 0 Å². The number of carbonyl (C=O) groups is 5.